The maximum Gasteiger partial charge on any atom is 0.338 e. The smallest absolute Gasteiger partial charge is 0.318 e. The van der Waals surface area contributed by atoms with Crippen molar-refractivity contribution in [3.05, 3.63) is 59.2 Å². The van der Waals surface area contributed by atoms with E-state index < -0.39 is 0 Å². The van der Waals surface area contributed by atoms with E-state index in [1.807, 2.05) is 6.92 Å². The third kappa shape index (κ3) is 2.78. The molecule has 148 valence electrons. The highest BCUT2D eigenvalue weighted by molar-refractivity contribution is 6.02. The highest BCUT2D eigenvalue weighted by Crippen LogP contribution is 2.56. The van der Waals surface area contributed by atoms with Crippen molar-refractivity contribution in [2.75, 3.05) is 0 Å². The number of hydrogen-bond acceptors (Lipinski definition) is 3. The fourth-order valence-electron chi connectivity index (χ4n) is 7.03. The van der Waals surface area contributed by atoms with Crippen LogP contribution in [0.25, 0.3) is 11.1 Å². The average molecular weight is 386 g/mol. The first-order chi connectivity index (χ1) is 14.2. The molecule has 29 heavy (non-hydrogen) atoms. The summed E-state index contributed by atoms with van der Waals surface area (Å²) in [5.74, 6) is 2.77. The van der Waals surface area contributed by atoms with Crippen LogP contribution in [0.4, 0.5) is 0 Å². The summed E-state index contributed by atoms with van der Waals surface area (Å²) in [6.07, 6.45) is 7.20. The van der Waals surface area contributed by atoms with Crippen LogP contribution in [0.15, 0.2) is 47.6 Å². The summed E-state index contributed by atoms with van der Waals surface area (Å²) in [6.45, 7) is 1.96. The van der Waals surface area contributed by atoms with Gasteiger partial charge in [0.25, 0.3) is 0 Å². The summed E-state index contributed by atoms with van der Waals surface area (Å²) in [5, 5.41) is 4.33. The molecule has 3 nitrogen and oxygen atoms in total. The number of rotatable bonds is 3. The SMILES string of the molecule is C/C(=N\OC(=O)C1C2CC3CC(C2)CC1C3)c1cccc2c1Cc1ccccc1-2. The van der Waals surface area contributed by atoms with E-state index in [4.69, 9.17) is 4.84 Å². The zero-order valence-electron chi connectivity index (χ0n) is 16.9. The van der Waals surface area contributed by atoms with Gasteiger partial charge in [0.15, 0.2) is 0 Å². The minimum Gasteiger partial charge on any atom is -0.318 e. The first-order valence-electron chi connectivity index (χ1n) is 11.1. The van der Waals surface area contributed by atoms with Crippen LogP contribution in [-0.2, 0) is 16.1 Å². The summed E-state index contributed by atoms with van der Waals surface area (Å²) >= 11 is 0. The molecule has 5 aliphatic carbocycles. The number of hydrogen-bond donors (Lipinski definition) is 0. The molecular formula is C26H27NO2. The Kier molecular flexibility index (Phi) is 3.94. The van der Waals surface area contributed by atoms with E-state index >= 15 is 0 Å². The van der Waals surface area contributed by atoms with Gasteiger partial charge in [-0.05, 0) is 91.4 Å². The molecule has 3 heteroatoms. The number of carbonyl (C=O) groups excluding carboxylic acids is 1. The van der Waals surface area contributed by atoms with Crippen molar-refractivity contribution < 1.29 is 9.63 Å². The van der Waals surface area contributed by atoms with Gasteiger partial charge in [-0.25, -0.2) is 4.79 Å². The Morgan fingerprint density at radius 2 is 1.59 bits per heavy atom. The standard InChI is InChI=1S/C26H27NO2/c1-15(21-7-4-8-23-22-6-3-2-5-18(22)14-24(21)23)27-29-26(28)25-19-10-16-9-17(12-19)13-20(25)11-16/h2-8,16-17,19-20,25H,9-14H2,1H3/b27-15+. The second-order valence-electron chi connectivity index (χ2n) is 9.71. The fraction of sp³-hybridized carbons (Fsp3) is 0.462. The molecule has 0 saturated heterocycles. The Balaban J connectivity index is 1.23. The Morgan fingerprint density at radius 1 is 0.897 bits per heavy atom. The normalized spacial score (nSPS) is 31.5. The number of nitrogens with zero attached hydrogens (tertiary/aromatic N) is 1. The first kappa shape index (κ1) is 17.4. The van der Waals surface area contributed by atoms with E-state index in [0.29, 0.717) is 11.8 Å². The van der Waals surface area contributed by atoms with Gasteiger partial charge in [-0.2, -0.15) is 0 Å². The van der Waals surface area contributed by atoms with Crippen LogP contribution in [0.3, 0.4) is 0 Å². The second kappa shape index (κ2) is 6.55. The molecule has 0 aliphatic heterocycles. The summed E-state index contributed by atoms with van der Waals surface area (Å²) in [5.41, 5.74) is 7.13. The van der Waals surface area contributed by atoms with Crippen molar-refractivity contribution in [2.24, 2.45) is 34.7 Å². The van der Waals surface area contributed by atoms with Crippen LogP contribution in [0.1, 0.15) is 55.7 Å². The molecule has 7 rings (SSSR count). The lowest BCUT2D eigenvalue weighted by Crippen LogP contribution is -2.48. The van der Waals surface area contributed by atoms with E-state index in [-0.39, 0.29) is 11.9 Å². The molecule has 4 saturated carbocycles. The number of fused-ring (bicyclic) bond motifs is 3. The van der Waals surface area contributed by atoms with Crippen molar-refractivity contribution >= 4 is 11.7 Å². The van der Waals surface area contributed by atoms with Gasteiger partial charge in [0, 0.05) is 5.56 Å². The third-order valence-corrected chi connectivity index (χ3v) is 8.01. The molecule has 0 spiro atoms. The van der Waals surface area contributed by atoms with Crippen molar-refractivity contribution in [2.45, 2.75) is 45.4 Å². The van der Waals surface area contributed by atoms with Gasteiger partial charge in [0.2, 0.25) is 0 Å². The highest BCUT2D eigenvalue weighted by atomic mass is 16.7. The topological polar surface area (TPSA) is 38.7 Å². The lowest BCUT2D eigenvalue weighted by atomic mass is 9.52. The monoisotopic (exact) mass is 385 g/mol. The maximum absolute atomic E-state index is 13.0. The molecule has 2 aromatic rings. The van der Waals surface area contributed by atoms with Crippen LogP contribution in [-0.4, -0.2) is 11.7 Å². The van der Waals surface area contributed by atoms with E-state index in [0.717, 1.165) is 29.5 Å². The Morgan fingerprint density at radius 3 is 2.34 bits per heavy atom. The number of oxime groups is 1. The molecule has 0 amide bonds. The Labute approximate surface area is 172 Å². The zero-order valence-corrected chi connectivity index (χ0v) is 16.9. The maximum atomic E-state index is 13.0. The van der Waals surface area contributed by atoms with Gasteiger partial charge >= 0.3 is 5.97 Å². The third-order valence-electron chi connectivity index (χ3n) is 8.01. The van der Waals surface area contributed by atoms with E-state index in [9.17, 15) is 4.79 Å². The average Bonchev–Trinajstić information content (AvgIpc) is 3.10. The first-order valence-corrected chi connectivity index (χ1v) is 11.1. The van der Waals surface area contributed by atoms with Crippen LogP contribution in [0.5, 0.6) is 0 Å². The summed E-state index contributed by atoms with van der Waals surface area (Å²) in [7, 11) is 0. The largest absolute Gasteiger partial charge is 0.338 e. The molecule has 4 bridgehead atoms. The molecule has 2 aromatic carbocycles. The molecule has 0 radical (unpaired) electrons. The molecule has 0 heterocycles. The van der Waals surface area contributed by atoms with Crippen molar-refractivity contribution in [3.8, 4) is 11.1 Å². The fourth-order valence-corrected chi connectivity index (χ4v) is 7.03. The molecular weight excluding hydrogens is 358 g/mol. The molecule has 5 aliphatic rings. The van der Waals surface area contributed by atoms with Gasteiger partial charge in [0.1, 0.15) is 0 Å². The molecule has 0 aromatic heterocycles. The van der Waals surface area contributed by atoms with Gasteiger partial charge in [-0.1, -0.05) is 47.6 Å². The van der Waals surface area contributed by atoms with Gasteiger partial charge < -0.3 is 4.84 Å². The highest BCUT2D eigenvalue weighted by Gasteiger charge is 2.51. The van der Waals surface area contributed by atoms with Crippen LogP contribution in [0, 0.1) is 29.6 Å². The van der Waals surface area contributed by atoms with Crippen LogP contribution < -0.4 is 0 Å². The zero-order chi connectivity index (χ0) is 19.5. The lowest BCUT2D eigenvalue weighted by molar-refractivity contribution is -0.162. The van der Waals surface area contributed by atoms with Crippen molar-refractivity contribution in [3.63, 3.8) is 0 Å². The minimum atomic E-state index is -0.0889. The molecule has 4 fully saturated rings. The Bertz CT molecular complexity index is 993. The number of carbonyl (C=O) groups is 1. The summed E-state index contributed by atoms with van der Waals surface area (Å²) in [6, 6.07) is 14.9. The predicted molar refractivity (Wildman–Crippen MR) is 114 cm³/mol. The van der Waals surface area contributed by atoms with Crippen molar-refractivity contribution in [1.29, 1.82) is 0 Å². The lowest BCUT2D eigenvalue weighted by Gasteiger charge is -2.53. The van der Waals surface area contributed by atoms with E-state index in [1.165, 1.54) is 54.4 Å². The minimum absolute atomic E-state index is 0.0742. The molecule has 0 N–H and O–H groups in total. The predicted octanol–water partition coefficient (Wildman–Crippen LogP) is 5.60. The van der Waals surface area contributed by atoms with Gasteiger partial charge in [-0.3, -0.25) is 0 Å². The number of benzene rings is 2. The molecule has 0 unspecified atom stereocenters. The quantitative estimate of drug-likeness (QED) is 0.334. The van der Waals surface area contributed by atoms with Gasteiger partial charge in [-0.15, -0.1) is 0 Å². The van der Waals surface area contributed by atoms with E-state index in [2.05, 4.69) is 47.6 Å². The summed E-state index contributed by atoms with van der Waals surface area (Å²) in [4.78, 5) is 18.5. The van der Waals surface area contributed by atoms with Gasteiger partial charge in [0.05, 0.1) is 11.6 Å². The Hall–Kier alpha value is -2.42. The second-order valence-corrected chi connectivity index (χ2v) is 9.71. The van der Waals surface area contributed by atoms with E-state index in [1.54, 1.807) is 0 Å². The summed E-state index contributed by atoms with van der Waals surface area (Å²) < 4.78 is 0. The van der Waals surface area contributed by atoms with Crippen LogP contribution >= 0.6 is 0 Å². The van der Waals surface area contributed by atoms with Crippen molar-refractivity contribution in [1.82, 2.24) is 0 Å². The van der Waals surface area contributed by atoms with Crippen LogP contribution in [0.2, 0.25) is 0 Å². The molecule has 0 atom stereocenters.